The predicted molar refractivity (Wildman–Crippen MR) is 268 cm³/mol. The average Bonchev–Trinajstić information content (AvgIpc) is 3.26. The second kappa shape index (κ2) is 49.9. The second-order valence-corrected chi connectivity index (χ2v) is 20.6. The maximum absolute atomic E-state index is 12.9. The summed E-state index contributed by atoms with van der Waals surface area (Å²) < 4.78 is 22.3. The molecule has 1 amide bonds. The SMILES string of the molecule is CCCCCCCCCCCCCCCCCCCCCCCCCCCCCCCC(=O)N[C@@H](COP(=O)(O)OCCN)[C@H](O)CCCCCCCCCCCCCCCC. The van der Waals surface area contributed by atoms with E-state index in [4.69, 9.17) is 14.8 Å². The number of aliphatic hydroxyl groups excluding tert-OH is 1. The zero-order valence-electron chi connectivity index (χ0n) is 41.6. The number of aliphatic hydroxyl groups is 1. The largest absolute Gasteiger partial charge is 0.472 e. The molecular formula is C53H109N2O6P. The number of rotatable bonds is 53. The summed E-state index contributed by atoms with van der Waals surface area (Å²) in [6.45, 7) is 4.26. The number of nitrogens with two attached hydrogens (primary N) is 1. The predicted octanol–water partition coefficient (Wildman–Crippen LogP) is 16.5. The van der Waals surface area contributed by atoms with Gasteiger partial charge < -0.3 is 21.1 Å². The van der Waals surface area contributed by atoms with Gasteiger partial charge in [-0.2, -0.15) is 0 Å². The van der Waals surface area contributed by atoms with E-state index in [1.807, 2.05) is 0 Å². The third-order valence-electron chi connectivity index (χ3n) is 13.0. The van der Waals surface area contributed by atoms with E-state index in [2.05, 4.69) is 19.2 Å². The molecule has 0 aromatic carbocycles. The van der Waals surface area contributed by atoms with Gasteiger partial charge in [0, 0.05) is 13.0 Å². The number of unbranched alkanes of at least 4 members (excludes halogenated alkanes) is 41. The molecule has 0 aliphatic heterocycles. The summed E-state index contributed by atoms with van der Waals surface area (Å²) in [7, 11) is -4.31. The van der Waals surface area contributed by atoms with Crippen molar-refractivity contribution in [3.63, 3.8) is 0 Å². The number of amides is 1. The first-order valence-electron chi connectivity index (χ1n) is 27.7. The monoisotopic (exact) mass is 901 g/mol. The van der Waals surface area contributed by atoms with Crippen LogP contribution in [0.25, 0.3) is 0 Å². The molecule has 3 atom stereocenters. The lowest BCUT2D eigenvalue weighted by molar-refractivity contribution is -0.123. The van der Waals surface area contributed by atoms with E-state index in [0.717, 1.165) is 38.5 Å². The Hall–Kier alpha value is -0.500. The highest BCUT2D eigenvalue weighted by Crippen LogP contribution is 2.43. The Labute approximate surface area is 386 Å². The first kappa shape index (κ1) is 61.5. The molecule has 8 nitrogen and oxygen atoms in total. The summed E-state index contributed by atoms with van der Waals surface area (Å²) >= 11 is 0. The van der Waals surface area contributed by atoms with Gasteiger partial charge in [0.25, 0.3) is 0 Å². The van der Waals surface area contributed by atoms with Crippen molar-refractivity contribution in [2.75, 3.05) is 19.8 Å². The van der Waals surface area contributed by atoms with E-state index in [0.29, 0.717) is 12.8 Å². The number of nitrogens with one attached hydrogen (secondary N) is 1. The normalized spacial score (nSPS) is 13.7. The molecule has 0 heterocycles. The minimum atomic E-state index is -4.31. The van der Waals surface area contributed by atoms with Crippen molar-refractivity contribution in [3.05, 3.63) is 0 Å². The van der Waals surface area contributed by atoms with Gasteiger partial charge in [-0.15, -0.1) is 0 Å². The van der Waals surface area contributed by atoms with Gasteiger partial charge in [-0.05, 0) is 12.8 Å². The Bertz CT molecular complexity index is 942. The third kappa shape index (κ3) is 47.5. The number of carbonyl (C=O) groups excluding carboxylic acids is 1. The fourth-order valence-electron chi connectivity index (χ4n) is 8.79. The van der Waals surface area contributed by atoms with Crippen molar-refractivity contribution < 1.29 is 28.4 Å². The summed E-state index contributed by atoms with van der Waals surface area (Å²) in [4.78, 5) is 22.9. The lowest BCUT2D eigenvalue weighted by Crippen LogP contribution is -2.46. The van der Waals surface area contributed by atoms with Gasteiger partial charge in [0.15, 0.2) is 0 Å². The highest BCUT2D eigenvalue weighted by Gasteiger charge is 2.27. The van der Waals surface area contributed by atoms with Crippen molar-refractivity contribution in [2.45, 2.75) is 315 Å². The Morgan fingerprint density at radius 2 is 0.742 bits per heavy atom. The minimum Gasteiger partial charge on any atom is -0.391 e. The first-order valence-corrected chi connectivity index (χ1v) is 29.1. The molecule has 0 radical (unpaired) electrons. The molecule has 372 valence electrons. The smallest absolute Gasteiger partial charge is 0.391 e. The van der Waals surface area contributed by atoms with Crippen LogP contribution in [0.2, 0.25) is 0 Å². The second-order valence-electron chi connectivity index (χ2n) is 19.2. The van der Waals surface area contributed by atoms with Crippen LogP contribution in [0.5, 0.6) is 0 Å². The van der Waals surface area contributed by atoms with E-state index in [1.54, 1.807) is 0 Å². The molecular weight excluding hydrogens is 792 g/mol. The van der Waals surface area contributed by atoms with Crippen LogP contribution in [0.15, 0.2) is 0 Å². The van der Waals surface area contributed by atoms with E-state index < -0.39 is 20.0 Å². The minimum absolute atomic E-state index is 0.0928. The van der Waals surface area contributed by atoms with E-state index in [9.17, 15) is 19.4 Å². The lowest BCUT2D eigenvalue weighted by atomic mass is 10.0. The maximum Gasteiger partial charge on any atom is 0.472 e. The molecule has 0 rings (SSSR count). The molecule has 0 saturated carbocycles. The van der Waals surface area contributed by atoms with Gasteiger partial charge in [0.1, 0.15) is 0 Å². The Balaban J connectivity index is 3.84. The summed E-state index contributed by atoms with van der Waals surface area (Å²) in [6, 6.07) is -0.768. The van der Waals surface area contributed by atoms with Gasteiger partial charge in [-0.3, -0.25) is 13.8 Å². The molecule has 0 aromatic rings. The van der Waals surface area contributed by atoms with Crippen LogP contribution in [-0.4, -0.2) is 47.8 Å². The molecule has 0 spiro atoms. The molecule has 62 heavy (non-hydrogen) atoms. The van der Waals surface area contributed by atoms with E-state index in [-0.39, 0.29) is 25.7 Å². The maximum atomic E-state index is 12.9. The van der Waals surface area contributed by atoms with Crippen LogP contribution >= 0.6 is 7.82 Å². The number of hydrogen-bond donors (Lipinski definition) is 4. The first-order chi connectivity index (χ1) is 30.4. The quantitative estimate of drug-likeness (QED) is 0.0353. The number of phosphoric ester groups is 1. The van der Waals surface area contributed by atoms with Gasteiger partial charge in [-0.1, -0.05) is 284 Å². The fraction of sp³-hybridized carbons (Fsp3) is 0.981. The zero-order chi connectivity index (χ0) is 45.3. The Kier molecular flexibility index (Phi) is 49.5. The Morgan fingerprint density at radius 3 is 1.03 bits per heavy atom. The van der Waals surface area contributed by atoms with Gasteiger partial charge in [-0.25, -0.2) is 4.57 Å². The molecule has 0 aliphatic carbocycles. The number of phosphoric acid groups is 1. The van der Waals surface area contributed by atoms with Crippen LogP contribution in [0.1, 0.15) is 303 Å². The van der Waals surface area contributed by atoms with Gasteiger partial charge >= 0.3 is 7.82 Å². The van der Waals surface area contributed by atoms with Crippen LogP contribution < -0.4 is 11.1 Å². The highest BCUT2D eigenvalue weighted by atomic mass is 31.2. The summed E-state index contributed by atoms with van der Waals surface area (Å²) in [5.74, 6) is -0.153. The number of carbonyl (C=O) groups is 1. The molecule has 0 fully saturated rings. The van der Waals surface area contributed by atoms with Crippen molar-refractivity contribution in [2.24, 2.45) is 5.73 Å². The summed E-state index contributed by atoms with van der Waals surface area (Å²) in [5.41, 5.74) is 5.40. The van der Waals surface area contributed by atoms with Gasteiger partial charge in [0.2, 0.25) is 5.91 Å². The zero-order valence-corrected chi connectivity index (χ0v) is 42.5. The topological polar surface area (TPSA) is 131 Å². The van der Waals surface area contributed by atoms with Crippen molar-refractivity contribution in [1.82, 2.24) is 5.32 Å². The highest BCUT2D eigenvalue weighted by molar-refractivity contribution is 7.47. The lowest BCUT2D eigenvalue weighted by Gasteiger charge is -2.25. The van der Waals surface area contributed by atoms with E-state index in [1.165, 1.54) is 238 Å². The summed E-state index contributed by atoms with van der Waals surface area (Å²) in [5, 5.41) is 13.9. The standard InChI is InChI=1S/C53H109N2O6P/c1-3-5-7-9-11-13-15-17-19-20-21-22-23-24-25-26-27-28-29-30-31-32-33-35-37-39-41-43-45-47-53(57)55-51(50-61-62(58,59)60-49-48-54)52(56)46-44-42-40-38-36-34-18-16-14-12-10-8-6-4-2/h51-52,56H,3-50,54H2,1-2H3,(H,55,57)(H,58,59)/t51-,52+/m0/s1. The molecule has 5 N–H and O–H groups in total. The molecule has 0 bridgehead atoms. The summed E-state index contributed by atoms with van der Waals surface area (Å²) in [6.07, 6.45) is 57.2. The van der Waals surface area contributed by atoms with Crippen LogP contribution in [0.3, 0.4) is 0 Å². The van der Waals surface area contributed by atoms with E-state index >= 15 is 0 Å². The molecule has 9 heteroatoms. The van der Waals surface area contributed by atoms with Crippen LogP contribution in [0.4, 0.5) is 0 Å². The van der Waals surface area contributed by atoms with Crippen molar-refractivity contribution in [3.8, 4) is 0 Å². The van der Waals surface area contributed by atoms with Crippen LogP contribution in [-0.2, 0) is 18.4 Å². The average molecular weight is 901 g/mol. The molecule has 1 unspecified atom stereocenters. The van der Waals surface area contributed by atoms with Crippen molar-refractivity contribution in [1.29, 1.82) is 0 Å². The molecule has 0 saturated heterocycles. The molecule has 0 aromatic heterocycles. The Morgan fingerprint density at radius 1 is 0.468 bits per heavy atom. The molecule has 0 aliphatic rings. The third-order valence-corrected chi connectivity index (χ3v) is 13.9. The fourth-order valence-corrected chi connectivity index (χ4v) is 9.55. The van der Waals surface area contributed by atoms with Gasteiger partial charge in [0.05, 0.1) is 25.4 Å². The van der Waals surface area contributed by atoms with Crippen molar-refractivity contribution >= 4 is 13.7 Å². The number of hydrogen-bond acceptors (Lipinski definition) is 6. The van der Waals surface area contributed by atoms with Crippen LogP contribution in [0, 0.1) is 0 Å².